The van der Waals surface area contributed by atoms with E-state index in [2.05, 4.69) is 18.3 Å². The summed E-state index contributed by atoms with van der Waals surface area (Å²) < 4.78 is 20.5. The molecule has 144 valence electrons. The minimum atomic E-state index is -0.323. The van der Waals surface area contributed by atoms with E-state index in [1.165, 1.54) is 12.1 Å². The summed E-state index contributed by atoms with van der Waals surface area (Å²) in [6.07, 6.45) is 3.54. The summed E-state index contributed by atoms with van der Waals surface area (Å²) in [4.78, 5) is 15.9. The lowest BCUT2D eigenvalue weighted by atomic mass is 10.0. The molecule has 2 aromatic rings. The predicted molar refractivity (Wildman–Crippen MR) is 109 cm³/mol. The molecule has 0 spiro atoms. The van der Waals surface area contributed by atoms with E-state index in [1.54, 1.807) is 45.6 Å². The SMILES string of the molecule is C=CC1=C(C=C)c2c(c(C(=O)N3CCOCC3)nn2-c2ccc(F)cc2)CS1. The second-order valence-electron chi connectivity index (χ2n) is 6.44. The monoisotopic (exact) mass is 397 g/mol. The third kappa shape index (κ3) is 3.21. The van der Waals surface area contributed by atoms with Crippen molar-refractivity contribution in [3.05, 3.63) is 77.2 Å². The predicted octanol–water partition coefficient (Wildman–Crippen LogP) is 3.81. The van der Waals surface area contributed by atoms with Crippen LogP contribution >= 0.6 is 11.8 Å². The Bertz CT molecular complexity index is 972. The van der Waals surface area contributed by atoms with Gasteiger partial charge in [-0.25, -0.2) is 9.07 Å². The Hall–Kier alpha value is -2.64. The molecule has 2 aliphatic rings. The molecule has 1 aromatic carbocycles. The first-order valence-corrected chi connectivity index (χ1v) is 9.99. The fourth-order valence-corrected chi connectivity index (χ4v) is 4.46. The van der Waals surface area contributed by atoms with Gasteiger partial charge in [-0.05, 0) is 24.3 Å². The van der Waals surface area contributed by atoms with Crippen molar-refractivity contribution in [2.24, 2.45) is 0 Å². The molecule has 7 heteroatoms. The molecule has 0 bridgehead atoms. The molecule has 0 atom stereocenters. The summed E-state index contributed by atoms with van der Waals surface area (Å²) in [7, 11) is 0. The van der Waals surface area contributed by atoms with Crippen molar-refractivity contribution in [1.82, 2.24) is 14.7 Å². The maximum Gasteiger partial charge on any atom is 0.274 e. The fraction of sp³-hybridized carbons (Fsp3) is 0.238. The molecule has 3 heterocycles. The number of fused-ring (bicyclic) bond motifs is 1. The van der Waals surface area contributed by atoms with Gasteiger partial charge in [0, 0.05) is 34.9 Å². The van der Waals surface area contributed by atoms with Gasteiger partial charge in [0.2, 0.25) is 0 Å². The lowest BCUT2D eigenvalue weighted by Gasteiger charge is -2.26. The Kier molecular flexibility index (Phi) is 5.19. The van der Waals surface area contributed by atoms with Crippen LogP contribution in [0, 0.1) is 5.82 Å². The Balaban J connectivity index is 1.89. The Labute approximate surface area is 167 Å². The molecule has 1 aromatic heterocycles. The van der Waals surface area contributed by atoms with Crippen LogP contribution in [0.25, 0.3) is 11.3 Å². The number of aromatic nitrogens is 2. The normalized spacial score (nSPS) is 16.7. The van der Waals surface area contributed by atoms with E-state index in [9.17, 15) is 9.18 Å². The molecule has 1 amide bonds. The molecule has 0 unspecified atom stereocenters. The number of carbonyl (C=O) groups excluding carboxylic acids is 1. The molecule has 1 saturated heterocycles. The van der Waals surface area contributed by atoms with Gasteiger partial charge in [0.05, 0.1) is 24.6 Å². The Morgan fingerprint density at radius 3 is 2.54 bits per heavy atom. The minimum absolute atomic E-state index is 0.105. The zero-order chi connectivity index (χ0) is 19.7. The van der Waals surface area contributed by atoms with Gasteiger partial charge in [-0.2, -0.15) is 5.10 Å². The van der Waals surface area contributed by atoms with Gasteiger partial charge >= 0.3 is 0 Å². The van der Waals surface area contributed by atoms with Crippen molar-refractivity contribution in [3.8, 4) is 5.69 Å². The lowest BCUT2D eigenvalue weighted by molar-refractivity contribution is 0.0298. The zero-order valence-electron chi connectivity index (χ0n) is 15.4. The number of rotatable bonds is 4. The molecule has 0 saturated carbocycles. The quantitative estimate of drug-likeness (QED) is 0.787. The molecule has 2 aliphatic heterocycles. The van der Waals surface area contributed by atoms with Gasteiger partial charge < -0.3 is 9.64 Å². The van der Waals surface area contributed by atoms with Crippen molar-refractivity contribution in [3.63, 3.8) is 0 Å². The Morgan fingerprint density at radius 2 is 1.89 bits per heavy atom. The number of ether oxygens (including phenoxy) is 1. The van der Waals surface area contributed by atoms with Crippen LogP contribution < -0.4 is 0 Å². The van der Waals surface area contributed by atoms with Gasteiger partial charge in [0.1, 0.15) is 5.82 Å². The highest BCUT2D eigenvalue weighted by Gasteiger charge is 2.31. The van der Waals surface area contributed by atoms with Crippen LogP contribution in [0.5, 0.6) is 0 Å². The summed E-state index contributed by atoms with van der Waals surface area (Å²) in [5.74, 6) is 0.184. The standard InChI is InChI=1S/C21H20FN3O2S/c1-3-16-18(4-2)28-13-17-19(21(26)24-9-11-27-12-10-24)23-25(20(16)17)15-7-5-14(22)6-8-15/h3-8H,1-2,9-13H2. The lowest BCUT2D eigenvalue weighted by Crippen LogP contribution is -2.41. The van der Waals surface area contributed by atoms with Crippen molar-refractivity contribution < 1.29 is 13.9 Å². The highest BCUT2D eigenvalue weighted by Crippen LogP contribution is 2.41. The van der Waals surface area contributed by atoms with Gasteiger partial charge in [0.15, 0.2) is 5.69 Å². The van der Waals surface area contributed by atoms with E-state index >= 15 is 0 Å². The second kappa shape index (κ2) is 7.77. The smallest absolute Gasteiger partial charge is 0.274 e. The number of thioether (sulfide) groups is 1. The first-order chi connectivity index (χ1) is 13.6. The highest BCUT2D eigenvalue weighted by atomic mass is 32.2. The first-order valence-electron chi connectivity index (χ1n) is 9.01. The van der Waals surface area contributed by atoms with E-state index < -0.39 is 0 Å². The summed E-state index contributed by atoms with van der Waals surface area (Å²) >= 11 is 1.61. The molecule has 5 nitrogen and oxygen atoms in total. The number of nitrogens with zero attached hydrogens (tertiary/aromatic N) is 3. The Morgan fingerprint density at radius 1 is 1.18 bits per heavy atom. The van der Waals surface area contributed by atoms with Gasteiger partial charge in [0.25, 0.3) is 5.91 Å². The number of amides is 1. The number of carbonyl (C=O) groups is 1. The average molecular weight is 397 g/mol. The van der Waals surface area contributed by atoms with Crippen LogP contribution in [0.4, 0.5) is 4.39 Å². The number of benzene rings is 1. The molecule has 4 rings (SSSR count). The molecule has 0 aliphatic carbocycles. The van der Waals surface area contributed by atoms with Crippen LogP contribution in [-0.2, 0) is 10.5 Å². The third-order valence-electron chi connectivity index (χ3n) is 4.84. The van der Waals surface area contributed by atoms with E-state index in [-0.39, 0.29) is 11.7 Å². The summed E-state index contributed by atoms with van der Waals surface area (Å²) in [6, 6.07) is 6.08. The van der Waals surface area contributed by atoms with E-state index in [0.717, 1.165) is 21.7 Å². The topological polar surface area (TPSA) is 47.4 Å². The van der Waals surface area contributed by atoms with Crippen LogP contribution in [-0.4, -0.2) is 46.9 Å². The molecular formula is C21H20FN3O2S. The van der Waals surface area contributed by atoms with Gasteiger partial charge in [-0.15, -0.1) is 11.8 Å². The minimum Gasteiger partial charge on any atom is -0.378 e. The summed E-state index contributed by atoms with van der Waals surface area (Å²) in [5.41, 5.74) is 3.67. The van der Waals surface area contributed by atoms with Crippen LogP contribution in [0.3, 0.4) is 0 Å². The summed E-state index contributed by atoms with van der Waals surface area (Å²) in [6.45, 7) is 9.98. The molecule has 0 N–H and O–H groups in total. The van der Waals surface area contributed by atoms with Crippen LogP contribution in [0.15, 0.2) is 54.5 Å². The van der Waals surface area contributed by atoms with Crippen molar-refractivity contribution in [2.45, 2.75) is 5.75 Å². The largest absolute Gasteiger partial charge is 0.378 e. The molecule has 1 fully saturated rings. The van der Waals surface area contributed by atoms with Crippen molar-refractivity contribution in [1.29, 1.82) is 0 Å². The maximum absolute atomic E-state index is 13.4. The number of hydrogen-bond acceptors (Lipinski definition) is 4. The molecule has 28 heavy (non-hydrogen) atoms. The average Bonchev–Trinajstić information content (AvgIpc) is 3.13. The van der Waals surface area contributed by atoms with E-state index in [1.807, 2.05) is 0 Å². The number of morpholine rings is 1. The van der Waals surface area contributed by atoms with Crippen LogP contribution in [0.1, 0.15) is 21.7 Å². The number of hydrogen-bond donors (Lipinski definition) is 0. The number of allylic oxidation sites excluding steroid dienone is 3. The maximum atomic E-state index is 13.4. The van der Waals surface area contributed by atoms with Crippen molar-refractivity contribution in [2.75, 3.05) is 26.3 Å². The van der Waals surface area contributed by atoms with E-state index in [0.29, 0.717) is 43.4 Å². The summed E-state index contributed by atoms with van der Waals surface area (Å²) in [5, 5.41) is 4.67. The van der Waals surface area contributed by atoms with Gasteiger partial charge in [-0.1, -0.05) is 25.3 Å². The third-order valence-corrected chi connectivity index (χ3v) is 5.97. The van der Waals surface area contributed by atoms with Gasteiger partial charge in [-0.3, -0.25) is 4.79 Å². The fourth-order valence-electron chi connectivity index (χ4n) is 3.43. The number of halogens is 1. The molecule has 0 radical (unpaired) electrons. The van der Waals surface area contributed by atoms with Crippen molar-refractivity contribution >= 4 is 23.2 Å². The second-order valence-corrected chi connectivity index (χ2v) is 7.46. The molecular weight excluding hydrogens is 377 g/mol. The van der Waals surface area contributed by atoms with Crippen LogP contribution in [0.2, 0.25) is 0 Å². The first kappa shape index (κ1) is 18.7. The highest BCUT2D eigenvalue weighted by molar-refractivity contribution is 8.02. The van der Waals surface area contributed by atoms with E-state index in [4.69, 9.17) is 4.74 Å². The zero-order valence-corrected chi connectivity index (χ0v) is 16.2.